The summed E-state index contributed by atoms with van der Waals surface area (Å²) in [6, 6.07) is 7.10. The number of nitrogens with one attached hydrogen (secondary N) is 3. The van der Waals surface area contributed by atoms with Crippen LogP contribution in [0.2, 0.25) is 0 Å². The van der Waals surface area contributed by atoms with E-state index in [0.717, 1.165) is 62.7 Å². The third kappa shape index (κ3) is 22.6. The van der Waals surface area contributed by atoms with Gasteiger partial charge in [-0.15, -0.1) is 18.2 Å². The van der Waals surface area contributed by atoms with Crippen molar-refractivity contribution in [3.63, 3.8) is 0 Å². The van der Waals surface area contributed by atoms with Crippen molar-refractivity contribution in [3.8, 4) is 58.3 Å². The molecule has 0 spiro atoms. The summed E-state index contributed by atoms with van der Waals surface area (Å²) >= 11 is 8.30. The van der Waals surface area contributed by atoms with Crippen LogP contribution in [0, 0.1) is 26.2 Å². The molecule has 1 aliphatic rings. The number of aliphatic hydroxyl groups is 2. The Morgan fingerprint density at radius 2 is 1.11 bits per heavy atom. The van der Waals surface area contributed by atoms with Crippen LogP contribution in [-0.2, 0) is 0 Å². The number of terminal acetylenes is 1. The van der Waals surface area contributed by atoms with E-state index in [1.54, 1.807) is 63.2 Å². The van der Waals surface area contributed by atoms with Gasteiger partial charge in [-0.1, -0.05) is 61.0 Å². The average molecular weight is 1420 g/mol. The van der Waals surface area contributed by atoms with Gasteiger partial charge in [-0.3, -0.25) is 0 Å². The van der Waals surface area contributed by atoms with Gasteiger partial charge < -0.3 is 67.2 Å². The van der Waals surface area contributed by atoms with Crippen molar-refractivity contribution in [2.45, 2.75) is 117 Å². The molecule has 25 nitrogen and oxygen atoms in total. The summed E-state index contributed by atoms with van der Waals surface area (Å²) in [5.41, 5.74) is 22.4. The molecule has 0 unspecified atom stereocenters. The van der Waals surface area contributed by atoms with Crippen LogP contribution in [0.3, 0.4) is 0 Å². The number of aromatic nitrogens is 12. The number of aliphatic hydroxyl groups excluding tert-OH is 2. The lowest BCUT2D eigenvalue weighted by atomic mass is 10.0. The fourth-order valence-corrected chi connectivity index (χ4v) is 9.70. The van der Waals surface area contributed by atoms with Crippen molar-refractivity contribution in [2.75, 3.05) is 85.3 Å². The van der Waals surface area contributed by atoms with Gasteiger partial charge in [0, 0.05) is 90.9 Å². The molecule has 1 aliphatic heterocycles. The number of nitrogen functional groups attached to an aromatic ring is 3. The summed E-state index contributed by atoms with van der Waals surface area (Å²) in [4.78, 5) is 52.8. The van der Waals surface area contributed by atoms with Crippen molar-refractivity contribution in [3.05, 3.63) is 129 Å². The highest BCUT2D eigenvalue weighted by Gasteiger charge is 2.20. The molecule has 1 atom stereocenters. The molecule has 9 heterocycles. The summed E-state index contributed by atoms with van der Waals surface area (Å²) in [7, 11) is 0. The lowest BCUT2D eigenvalue weighted by Gasteiger charge is -2.19. The van der Waals surface area contributed by atoms with Crippen molar-refractivity contribution in [1.82, 2.24) is 64.7 Å². The number of hydrogen-bond donors (Lipinski definition) is 8. The van der Waals surface area contributed by atoms with Gasteiger partial charge in [0.2, 0.25) is 11.9 Å². The minimum atomic E-state index is -0.143. The molecule has 9 rings (SSSR count). The fraction of sp³-hybridized carbons (Fsp3) is 0.385. The Morgan fingerprint density at radius 1 is 0.624 bits per heavy atom. The highest BCUT2D eigenvalue weighted by molar-refractivity contribution is 9.10. The van der Waals surface area contributed by atoms with E-state index in [-0.39, 0.29) is 48.9 Å². The second kappa shape index (κ2) is 36.6. The number of hydrogen-bond acceptors (Lipinski definition) is 26. The Morgan fingerprint density at radius 3 is 1.61 bits per heavy atom. The first-order chi connectivity index (χ1) is 44.5. The van der Waals surface area contributed by atoms with E-state index in [4.69, 9.17) is 47.7 Å². The van der Waals surface area contributed by atoms with Gasteiger partial charge in [-0.05, 0) is 115 Å². The van der Waals surface area contributed by atoms with Crippen LogP contribution in [0.5, 0.6) is 46.0 Å². The van der Waals surface area contributed by atoms with Gasteiger partial charge in [0.25, 0.3) is 0 Å². The smallest absolute Gasteiger partial charge is 0.222 e. The first-order valence-corrected chi connectivity index (χ1v) is 32.9. The summed E-state index contributed by atoms with van der Waals surface area (Å²) < 4.78 is 25.4. The molecule has 0 radical (unpaired) electrons. The van der Waals surface area contributed by atoms with Gasteiger partial charge in [0.15, 0.2) is 46.3 Å². The second-order valence-electron chi connectivity index (χ2n) is 22.0. The van der Waals surface area contributed by atoms with Crippen molar-refractivity contribution >= 4 is 84.4 Å². The summed E-state index contributed by atoms with van der Waals surface area (Å²) in [6.07, 6.45) is 24.0. The minimum absolute atomic E-state index is 0.00374. The number of likely N-dealkylation sites (tertiary alicyclic amines) is 1. The number of pyridine rings is 4. The number of thioether (sulfide) groups is 1. The second-order valence-corrected chi connectivity index (χ2v) is 24.4. The molecule has 0 aliphatic carbocycles. The van der Waals surface area contributed by atoms with Crippen LogP contribution in [0.4, 0.5) is 35.2 Å². The highest BCUT2D eigenvalue weighted by atomic mass is 79.9. The van der Waals surface area contributed by atoms with Gasteiger partial charge in [0.05, 0.1) is 49.1 Å². The number of nitrogens with two attached hydrogens (primary N) is 3. The van der Waals surface area contributed by atoms with Crippen LogP contribution >= 0.6 is 43.6 Å². The lowest BCUT2D eigenvalue weighted by Crippen LogP contribution is -2.26. The van der Waals surface area contributed by atoms with E-state index in [1.165, 1.54) is 43.9 Å². The maximum Gasteiger partial charge on any atom is 0.222 e. The first-order valence-electron chi connectivity index (χ1n) is 30.1. The van der Waals surface area contributed by atoms with Gasteiger partial charge in [0.1, 0.15) is 49.5 Å². The van der Waals surface area contributed by atoms with Crippen molar-refractivity contribution in [2.24, 2.45) is 0 Å². The Balaban J connectivity index is 0.000000198. The predicted molar refractivity (Wildman–Crippen MR) is 375 cm³/mol. The number of rotatable bonds is 24. The van der Waals surface area contributed by atoms with E-state index in [9.17, 15) is 5.11 Å². The van der Waals surface area contributed by atoms with Crippen LogP contribution in [0.15, 0.2) is 94.7 Å². The molecule has 0 amide bonds. The SMILES string of the molecule is C#Cc1cc(Oc2cnc(C)nc2NCCO)c(C(C)C)cn1.C=C(C)c1cnc(SC)cc1Oc1cnc(C)nc1N.CC(C)c1cnc(Br)cc1Oc1cnc(N)nc1NCCN1CCCC1.CC[C@@H](CO)Nc1nc(N)ncc1Oc1cc(Br)ncc1C(C)C. The Labute approximate surface area is 565 Å². The van der Waals surface area contributed by atoms with E-state index in [1.807, 2.05) is 38.4 Å². The predicted octanol–water partition coefficient (Wildman–Crippen LogP) is 12.7. The molecule has 11 N–H and O–H groups in total. The molecular formula is C65H83Br2N19O6S. The van der Waals surface area contributed by atoms with Crippen LogP contribution < -0.4 is 52.1 Å². The maximum absolute atomic E-state index is 9.40. The average Bonchev–Trinajstić information content (AvgIpc) is 1.94. The molecule has 1 fully saturated rings. The van der Waals surface area contributed by atoms with Gasteiger partial charge in [-0.2, -0.15) is 9.97 Å². The van der Waals surface area contributed by atoms with E-state index >= 15 is 0 Å². The fourth-order valence-electron chi connectivity index (χ4n) is 8.70. The highest BCUT2D eigenvalue weighted by Crippen LogP contribution is 2.38. The monoisotopic (exact) mass is 1420 g/mol. The summed E-state index contributed by atoms with van der Waals surface area (Å²) in [5.74, 6) is 11.3. The lowest BCUT2D eigenvalue weighted by molar-refractivity contribution is 0.271. The standard InChI is InChI=1S/C18H25BrN6O.C17H20N4O2.C16H22BrN5O2.C14H16N4OS/c1-12(2)13-10-22-16(19)9-14(13)26-15-11-23-18(20)24-17(15)21-5-8-25-6-3-4-7-25;1-5-13-8-15(14(9-20-13)11(2)3)23-16-10-19-12(4)21-17(16)18-6-7-22;1-4-10(8-23)21-15-13(7-20-16(18)22-15)24-12-5-14(17)19-6-11(12)9(2)3;1-8(2)10-6-17-13(20-4)5-11(10)19-12-7-16-9(3)18-14(12)15/h9-12H,3-8H2,1-2H3,(H3,20,21,23,24);1,8-11,22H,6-7H2,2-4H3,(H,18,19,21);5-7,9-10,23H,4,8H2,1-3H3,(H3,18,20,21,22);5-7H,1H2,2-4H3,(H2,15,16,18)/t;;10-;/m..0./s1. The molecule has 8 aromatic rings. The molecule has 0 aromatic carbocycles. The largest absolute Gasteiger partial charge is 0.451 e. The number of ether oxygens (including phenoxy) is 4. The Kier molecular flexibility index (Phi) is 28.9. The first kappa shape index (κ1) is 73.5. The molecule has 8 aromatic heterocycles. The van der Waals surface area contributed by atoms with E-state index < -0.39 is 0 Å². The molecule has 0 saturated carbocycles. The summed E-state index contributed by atoms with van der Waals surface area (Å²) in [6.45, 7) is 28.2. The number of halogens is 2. The molecule has 28 heteroatoms. The van der Waals surface area contributed by atoms with Crippen LogP contribution in [0.25, 0.3) is 5.57 Å². The van der Waals surface area contributed by atoms with Crippen LogP contribution in [0.1, 0.15) is 132 Å². The zero-order valence-corrected chi connectivity index (χ0v) is 58.3. The number of aryl methyl sites for hydroxylation is 2. The quantitative estimate of drug-likeness (QED) is 0.0158. The normalized spacial score (nSPS) is 12.1. The van der Waals surface area contributed by atoms with Gasteiger partial charge in [-0.25, -0.2) is 49.8 Å². The van der Waals surface area contributed by atoms with Crippen molar-refractivity contribution in [1.29, 1.82) is 0 Å². The molecule has 1 saturated heterocycles. The third-order valence-electron chi connectivity index (χ3n) is 13.7. The molecule has 0 bridgehead atoms. The zero-order valence-electron chi connectivity index (χ0n) is 54.3. The molecule has 494 valence electrons. The number of allylic oxidation sites excluding steroid dienone is 1. The van der Waals surface area contributed by atoms with Crippen molar-refractivity contribution < 1.29 is 29.2 Å². The Hall–Kier alpha value is -8.59. The van der Waals surface area contributed by atoms with E-state index in [0.29, 0.717) is 92.0 Å². The molecule has 93 heavy (non-hydrogen) atoms. The van der Waals surface area contributed by atoms with Gasteiger partial charge >= 0.3 is 0 Å². The zero-order chi connectivity index (χ0) is 67.7. The Bertz CT molecular complexity index is 3800. The number of anilines is 6. The topological polar surface area (TPSA) is 349 Å². The van der Waals surface area contributed by atoms with E-state index in [2.05, 4.69) is 167 Å². The summed E-state index contributed by atoms with van der Waals surface area (Å²) in [5, 5.41) is 28.7. The maximum atomic E-state index is 9.40. The van der Waals surface area contributed by atoms with Crippen LogP contribution in [-0.4, -0.2) is 133 Å². The third-order valence-corrected chi connectivity index (χ3v) is 15.2. The molecular weight excluding hydrogens is 1330 g/mol. The minimum Gasteiger partial charge on any atom is -0.451 e. The number of nitrogens with zero attached hydrogens (tertiary/aromatic N) is 13.